The van der Waals surface area contributed by atoms with Crippen LogP contribution in [0.3, 0.4) is 0 Å². The molecule has 9 nitrogen and oxygen atoms in total. The van der Waals surface area contributed by atoms with Crippen LogP contribution >= 0.6 is 15.9 Å². The molecule has 1 N–H and O–H groups in total. The molecule has 2 amide bonds. The molecule has 0 saturated carbocycles. The number of anilines is 1. The van der Waals surface area contributed by atoms with Crippen molar-refractivity contribution in [2.45, 2.75) is 52.2 Å². The van der Waals surface area contributed by atoms with Crippen molar-refractivity contribution < 1.29 is 27.5 Å². The normalized spacial score (nSPS) is 13.7. The number of halogens is 1. The van der Waals surface area contributed by atoms with Crippen LogP contribution in [0, 0.1) is 0 Å². The highest BCUT2D eigenvalue weighted by atomic mass is 79.9. The second-order valence-corrected chi connectivity index (χ2v) is 13.2. The molecule has 0 spiro atoms. The van der Waals surface area contributed by atoms with Gasteiger partial charge in [0, 0.05) is 29.5 Å². The number of rotatable bonds is 13. The van der Waals surface area contributed by atoms with Crippen molar-refractivity contribution >= 4 is 43.5 Å². The second kappa shape index (κ2) is 14.1. The van der Waals surface area contributed by atoms with Crippen molar-refractivity contribution in [2.75, 3.05) is 23.4 Å². The van der Waals surface area contributed by atoms with Crippen molar-refractivity contribution in [2.24, 2.45) is 0 Å². The first-order valence-corrected chi connectivity index (χ1v) is 16.3. The van der Waals surface area contributed by atoms with Gasteiger partial charge in [-0.2, -0.15) is 0 Å². The van der Waals surface area contributed by atoms with Crippen molar-refractivity contribution in [1.82, 2.24) is 10.2 Å². The van der Waals surface area contributed by atoms with E-state index in [0.717, 1.165) is 26.3 Å². The molecule has 2 atom stereocenters. The molecule has 0 fully saturated rings. The fourth-order valence-electron chi connectivity index (χ4n) is 4.59. The molecule has 224 valence electrons. The third-order valence-electron chi connectivity index (χ3n) is 7.14. The summed E-state index contributed by atoms with van der Waals surface area (Å²) in [5.74, 6) is -0.131. The van der Waals surface area contributed by atoms with E-state index in [1.165, 1.54) is 11.8 Å². The van der Waals surface area contributed by atoms with E-state index >= 15 is 0 Å². The first-order chi connectivity index (χ1) is 20.1. The summed E-state index contributed by atoms with van der Waals surface area (Å²) in [5, 5.41) is 3.03. The van der Waals surface area contributed by atoms with Crippen LogP contribution in [0.4, 0.5) is 5.69 Å². The summed E-state index contributed by atoms with van der Waals surface area (Å²) in [5.41, 5.74) is 1.95. The number of benzene rings is 3. The van der Waals surface area contributed by atoms with Crippen LogP contribution in [-0.2, 0) is 32.6 Å². The number of hydrogen-bond acceptors (Lipinski definition) is 6. The van der Waals surface area contributed by atoms with Gasteiger partial charge in [0.2, 0.25) is 28.6 Å². The summed E-state index contributed by atoms with van der Waals surface area (Å²) in [6, 6.07) is 20.7. The van der Waals surface area contributed by atoms with Gasteiger partial charge >= 0.3 is 0 Å². The van der Waals surface area contributed by atoms with Crippen molar-refractivity contribution in [3.05, 3.63) is 88.4 Å². The Balaban J connectivity index is 1.75. The number of ether oxygens (including phenoxy) is 2. The predicted molar refractivity (Wildman–Crippen MR) is 166 cm³/mol. The van der Waals surface area contributed by atoms with E-state index in [2.05, 4.69) is 21.2 Å². The SMILES string of the molecule is CCC(C)NC(=O)C(Cc1ccccc1)N(Cc1cccc(Br)c1)C(=O)CN(c1ccc2c(c1)OCO2)S(=O)(=O)CC. The van der Waals surface area contributed by atoms with Gasteiger partial charge in [-0.3, -0.25) is 13.9 Å². The second-order valence-electron chi connectivity index (χ2n) is 10.1. The van der Waals surface area contributed by atoms with E-state index in [1.807, 2.05) is 68.4 Å². The first kappa shape index (κ1) is 31.4. The molecule has 0 radical (unpaired) electrons. The molecule has 0 aliphatic carbocycles. The zero-order chi connectivity index (χ0) is 30.3. The molecular weight excluding hydrogens is 622 g/mol. The summed E-state index contributed by atoms with van der Waals surface area (Å²) in [7, 11) is -3.89. The van der Waals surface area contributed by atoms with E-state index < -0.39 is 28.5 Å². The predicted octanol–water partition coefficient (Wildman–Crippen LogP) is 4.89. The van der Waals surface area contributed by atoms with Crippen LogP contribution in [0.1, 0.15) is 38.3 Å². The smallest absolute Gasteiger partial charge is 0.244 e. The lowest BCUT2D eigenvalue weighted by Gasteiger charge is -2.34. The van der Waals surface area contributed by atoms with E-state index in [-0.39, 0.29) is 43.1 Å². The monoisotopic (exact) mass is 657 g/mol. The first-order valence-electron chi connectivity index (χ1n) is 13.9. The van der Waals surface area contributed by atoms with Crippen LogP contribution in [0.5, 0.6) is 11.5 Å². The summed E-state index contributed by atoms with van der Waals surface area (Å²) < 4.78 is 39.4. The Bertz CT molecular complexity index is 1500. The highest BCUT2D eigenvalue weighted by Gasteiger charge is 2.34. The highest BCUT2D eigenvalue weighted by molar-refractivity contribution is 9.10. The highest BCUT2D eigenvalue weighted by Crippen LogP contribution is 2.36. The maximum Gasteiger partial charge on any atom is 0.244 e. The summed E-state index contributed by atoms with van der Waals surface area (Å²) in [6.07, 6.45) is 0.976. The van der Waals surface area contributed by atoms with Crippen LogP contribution in [0.15, 0.2) is 77.3 Å². The quantitative estimate of drug-likeness (QED) is 0.281. The number of fused-ring (bicyclic) bond motifs is 1. The van der Waals surface area contributed by atoms with Crippen molar-refractivity contribution in [1.29, 1.82) is 0 Å². The van der Waals surface area contributed by atoms with E-state index in [4.69, 9.17) is 9.47 Å². The number of amides is 2. The van der Waals surface area contributed by atoms with Gasteiger partial charge in [0.25, 0.3) is 0 Å². The zero-order valence-corrected chi connectivity index (χ0v) is 26.4. The number of nitrogens with one attached hydrogen (secondary N) is 1. The third-order valence-corrected chi connectivity index (χ3v) is 9.37. The van der Waals surface area contributed by atoms with Gasteiger partial charge in [-0.25, -0.2) is 8.42 Å². The summed E-state index contributed by atoms with van der Waals surface area (Å²) in [4.78, 5) is 29.5. The minimum Gasteiger partial charge on any atom is -0.454 e. The summed E-state index contributed by atoms with van der Waals surface area (Å²) >= 11 is 3.49. The molecule has 0 aromatic heterocycles. The topological polar surface area (TPSA) is 105 Å². The average Bonchev–Trinajstić information content (AvgIpc) is 3.46. The van der Waals surface area contributed by atoms with E-state index in [0.29, 0.717) is 11.5 Å². The van der Waals surface area contributed by atoms with Crippen molar-refractivity contribution in [3.8, 4) is 11.5 Å². The Morgan fingerprint density at radius 1 is 0.952 bits per heavy atom. The molecule has 3 aromatic carbocycles. The van der Waals surface area contributed by atoms with E-state index in [9.17, 15) is 18.0 Å². The minimum absolute atomic E-state index is 0.0329. The molecule has 0 saturated heterocycles. The molecular formula is C31H36BrN3O6S. The van der Waals surface area contributed by atoms with Crippen LogP contribution < -0.4 is 19.1 Å². The fraction of sp³-hybridized carbons (Fsp3) is 0.355. The van der Waals surface area contributed by atoms with Gasteiger partial charge in [0.15, 0.2) is 11.5 Å². The number of sulfonamides is 1. The maximum atomic E-state index is 14.3. The number of carbonyl (C=O) groups excluding carboxylic acids is 2. The number of nitrogens with zero attached hydrogens (tertiary/aromatic N) is 2. The van der Waals surface area contributed by atoms with Gasteiger partial charge in [-0.15, -0.1) is 0 Å². The molecule has 1 heterocycles. The average molecular weight is 659 g/mol. The lowest BCUT2D eigenvalue weighted by molar-refractivity contribution is -0.140. The molecule has 4 rings (SSSR count). The molecule has 3 aromatic rings. The molecule has 2 unspecified atom stereocenters. The standard InChI is InChI=1S/C31H36BrN3O6S/c1-4-22(3)33-31(37)27(17-23-10-7-6-8-11-23)34(19-24-12-9-13-25(32)16-24)30(36)20-35(42(38,39)5-2)26-14-15-28-29(18-26)41-21-40-28/h6-16,18,22,27H,4-5,17,19-21H2,1-3H3,(H,33,37). The number of carbonyl (C=O) groups is 2. The van der Waals surface area contributed by atoms with Crippen LogP contribution in [0.2, 0.25) is 0 Å². The number of hydrogen-bond donors (Lipinski definition) is 1. The Kier molecular flexibility index (Phi) is 10.5. The van der Waals surface area contributed by atoms with E-state index in [1.54, 1.807) is 18.2 Å². The molecule has 0 bridgehead atoms. The lowest BCUT2D eigenvalue weighted by atomic mass is 10.0. The van der Waals surface area contributed by atoms with Gasteiger partial charge in [-0.05, 0) is 55.7 Å². The largest absolute Gasteiger partial charge is 0.454 e. The Labute approximate surface area is 256 Å². The maximum absolute atomic E-state index is 14.3. The third kappa shape index (κ3) is 7.83. The lowest BCUT2D eigenvalue weighted by Crippen LogP contribution is -2.54. The Morgan fingerprint density at radius 3 is 2.36 bits per heavy atom. The van der Waals surface area contributed by atoms with Gasteiger partial charge in [0.1, 0.15) is 12.6 Å². The summed E-state index contributed by atoms with van der Waals surface area (Å²) in [6.45, 7) is 5.05. The Hall–Kier alpha value is -3.57. The Morgan fingerprint density at radius 2 is 1.67 bits per heavy atom. The van der Waals surface area contributed by atoms with Gasteiger partial charge in [-0.1, -0.05) is 65.3 Å². The van der Waals surface area contributed by atoms with Crippen molar-refractivity contribution in [3.63, 3.8) is 0 Å². The fourth-order valence-corrected chi connectivity index (χ4v) is 6.09. The zero-order valence-electron chi connectivity index (χ0n) is 24.0. The van der Waals surface area contributed by atoms with Crippen LogP contribution in [-0.4, -0.2) is 56.3 Å². The molecule has 11 heteroatoms. The minimum atomic E-state index is -3.89. The van der Waals surface area contributed by atoms with Gasteiger partial charge in [0.05, 0.1) is 11.4 Å². The molecule has 1 aliphatic heterocycles. The molecule has 42 heavy (non-hydrogen) atoms. The van der Waals surface area contributed by atoms with Gasteiger partial charge < -0.3 is 19.7 Å². The van der Waals surface area contributed by atoms with Crippen LogP contribution in [0.25, 0.3) is 0 Å². The molecule has 1 aliphatic rings.